The van der Waals surface area contributed by atoms with Crippen LogP contribution in [0.15, 0.2) is 35.6 Å². The number of aromatic nitrogens is 2. The Morgan fingerprint density at radius 3 is 2.96 bits per heavy atom. The van der Waals surface area contributed by atoms with Crippen LogP contribution in [-0.4, -0.2) is 35.8 Å². The van der Waals surface area contributed by atoms with Gasteiger partial charge in [-0.25, -0.2) is 22.8 Å². The molecule has 1 saturated heterocycles. The molecule has 2 bridgehead atoms. The van der Waals surface area contributed by atoms with Crippen molar-refractivity contribution in [3.63, 3.8) is 0 Å². The van der Waals surface area contributed by atoms with Crippen molar-refractivity contribution in [1.82, 2.24) is 14.3 Å². The first kappa shape index (κ1) is 15.5. The highest BCUT2D eigenvalue weighted by atomic mass is 32.2. The molecule has 0 N–H and O–H groups in total. The number of nitrogens with zero attached hydrogens (tertiary/aromatic N) is 3. The van der Waals surface area contributed by atoms with Crippen molar-refractivity contribution in [1.29, 1.82) is 0 Å². The van der Waals surface area contributed by atoms with Crippen molar-refractivity contribution >= 4 is 10.0 Å². The zero-order valence-corrected chi connectivity index (χ0v) is 13.8. The molecule has 6 nitrogen and oxygen atoms in total. The molecule has 0 spiro atoms. The van der Waals surface area contributed by atoms with Gasteiger partial charge in [-0.05, 0) is 31.0 Å². The fourth-order valence-electron chi connectivity index (χ4n) is 3.71. The lowest BCUT2D eigenvalue weighted by Crippen LogP contribution is -2.42. The Bertz CT molecular complexity index is 903. The molecule has 3 heterocycles. The van der Waals surface area contributed by atoms with Gasteiger partial charge in [0.1, 0.15) is 22.8 Å². The molecule has 2 aromatic rings. The molecule has 0 unspecified atom stereocenters. The van der Waals surface area contributed by atoms with E-state index in [2.05, 4.69) is 9.97 Å². The highest BCUT2D eigenvalue weighted by molar-refractivity contribution is 7.89. The van der Waals surface area contributed by atoms with Crippen molar-refractivity contribution in [2.45, 2.75) is 36.2 Å². The minimum atomic E-state index is -3.89. The van der Waals surface area contributed by atoms with E-state index in [0.29, 0.717) is 12.8 Å². The maximum atomic E-state index is 13.7. The van der Waals surface area contributed by atoms with E-state index in [0.717, 1.165) is 23.7 Å². The zero-order chi connectivity index (χ0) is 16.9. The van der Waals surface area contributed by atoms with Crippen LogP contribution in [0.4, 0.5) is 4.39 Å². The van der Waals surface area contributed by atoms with Crippen LogP contribution < -0.4 is 4.74 Å². The number of ether oxygens (including phenoxy) is 1. The standard InChI is InChI=1S/C16H16FN3O3S/c1-23-15-5-2-10(17)6-16(15)24(21,22)20-11-3-4-14(20)12-8-18-9-19-13(12)7-11/h2,5-6,8-9,11,14H,3-4,7H2,1H3/t11-,14-/m0/s1. The van der Waals surface area contributed by atoms with Crippen molar-refractivity contribution in [3.05, 3.63) is 47.8 Å². The summed E-state index contributed by atoms with van der Waals surface area (Å²) in [5, 5.41) is 0. The number of hydrogen-bond donors (Lipinski definition) is 0. The largest absolute Gasteiger partial charge is 0.495 e. The molecule has 2 aliphatic heterocycles. The van der Waals surface area contributed by atoms with Crippen molar-refractivity contribution < 1.29 is 17.5 Å². The minimum Gasteiger partial charge on any atom is -0.495 e. The molecule has 0 radical (unpaired) electrons. The van der Waals surface area contributed by atoms with Gasteiger partial charge in [-0.3, -0.25) is 0 Å². The number of hydrogen-bond acceptors (Lipinski definition) is 5. The van der Waals surface area contributed by atoms with E-state index in [9.17, 15) is 12.8 Å². The number of sulfonamides is 1. The number of fused-ring (bicyclic) bond motifs is 4. The Hall–Kier alpha value is -2.06. The molecule has 1 aromatic heterocycles. The number of halogens is 1. The van der Waals surface area contributed by atoms with Crippen molar-refractivity contribution in [2.75, 3.05) is 7.11 Å². The topological polar surface area (TPSA) is 72.4 Å². The molecule has 0 aliphatic carbocycles. The second-order valence-corrected chi connectivity index (χ2v) is 7.82. The van der Waals surface area contributed by atoms with Gasteiger partial charge in [-0.15, -0.1) is 0 Å². The van der Waals surface area contributed by atoms with E-state index in [1.807, 2.05) is 0 Å². The van der Waals surface area contributed by atoms with Crippen LogP contribution in [0.1, 0.15) is 30.1 Å². The van der Waals surface area contributed by atoms with Gasteiger partial charge in [-0.2, -0.15) is 4.31 Å². The Balaban J connectivity index is 1.84. The lowest BCUT2D eigenvalue weighted by atomic mass is 10.0. The third-order valence-electron chi connectivity index (χ3n) is 4.74. The van der Waals surface area contributed by atoms with E-state index in [-0.39, 0.29) is 22.7 Å². The molecule has 24 heavy (non-hydrogen) atoms. The fraction of sp³-hybridized carbons (Fsp3) is 0.375. The first-order valence-electron chi connectivity index (χ1n) is 7.68. The summed E-state index contributed by atoms with van der Waals surface area (Å²) < 4.78 is 46.8. The number of benzene rings is 1. The van der Waals surface area contributed by atoms with Gasteiger partial charge < -0.3 is 4.74 Å². The second kappa shape index (κ2) is 5.49. The Labute approximate surface area is 139 Å². The van der Waals surface area contributed by atoms with Crippen LogP contribution in [0.3, 0.4) is 0 Å². The molecule has 1 fully saturated rings. The van der Waals surface area contributed by atoms with E-state index < -0.39 is 15.8 Å². The molecule has 8 heteroatoms. The summed E-state index contributed by atoms with van der Waals surface area (Å²) in [5.41, 5.74) is 1.74. The molecule has 1 aromatic carbocycles. The summed E-state index contributed by atoms with van der Waals surface area (Å²) >= 11 is 0. The third-order valence-corrected chi connectivity index (χ3v) is 6.72. The molecular weight excluding hydrogens is 333 g/mol. The molecule has 0 saturated carbocycles. The average Bonchev–Trinajstić information content (AvgIpc) is 2.91. The summed E-state index contributed by atoms with van der Waals surface area (Å²) in [7, 11) is -2.52. The van der Waals surface area contributed by atoms with Gasteiger partial charge >= 0.3 is 0 Å². The predicted octanol–water partition coefficient (Wildman–Crippen LogP) is 2.07. The first-order valence-corrected chi connectivity index (χ1v) is 9.12. The van der Waals surface area contributed by atoms with E-state index in [4.69, 9.17) is 4.74 Å². The summed E-state index contributed by atoms with van der Waals surface area (Å²) in [6, 6.07) is 3.06. The lowest BCUT2D eigenvalue weighted by molar-refractivity contribution is 0.298. The highest BCUT2D eigenvalue weighted by Gasteiger charge is 2.48. The summed E-state index contributed by atoms with van der Waals surface area (Å²) in [6.45, 7) is 0. The van der Waals surface area contributed by atoms with Gasteiger partial charge in [0.05, 0.1) is 18.8 Å². The average molecular weight is 349 g/mol. The van der Waals surface area contributed by atoms with Crippen LogP contribution in [0.2, 0.25) is 0 Å². The summed E-state index contributed by atoms with van der Waals surface area (Å²) in [6.07, 6.45) is 5.17. The van der Waals surface area contributed by atoms with Crippen LogP contribution in [0.25, 0.3) is 0 Å². The molecule has 2 atom stereocenters. The minimum absolute atomic E-state index is 0.137. The Kier molecular flexibility index (Phi) is 3.54. The second-order valence-electron chi connectivity index (χ2n) is 6.01. The van der Waals surface area contributed by atoms with Crippen LogP contribution in [-0.2, 0) is 16.4 Å². The van der Waals surface area contributed by atoms with E-state index in [1.165, 1.54) is 29.9 Å². The van der Waals surface area contributed by atoms with Gasteiger partial charge in [0.2, 0.25) is 10.0 Å². The normalized spacial score (nSPS) is 23.1. The summed E-state index contributed by atoms with van der Waals surface area (Å²) in [4.78, 5) is 8.18. The summed E-state index contributed by atoms with van der Waals surface area (Å²) in [5.74, 6) is -0.464. The fourth-order valence-corrected chi connectivity index (χ4v) is 5.73. The Morgan fingerprint density at radius 2 is 2.17 bits per heavy atom. The van der Waals surface area contributed by atoms with Crippen molar-refractivity contribution in [3.8, 4) is 5.75 Å². The van der Waals surface area contributed by atoms with Gasteiger partial charge in [0, 0.05) is 24.2 Å². The number of rotatable bonds is 3. The third kappa shape index (κ3) is 2.21. The molecule has 4 rings (SSSR count). The van der Waals surface area contributed by atoms with Crippen molar-refractivity contribution in [2.24, 2.45) is 0 Å². The molecular formula is C16H16FN3O3S. The predicted molar refractivity (Wildman–Crippen MR) is 83.5 cm³/mol. The maximum absolute atomic E-state index is 13.7. The molecule has 2 aliphatic rings. The lowest BCUT2D eigenvalue weighted by Gasteiger charge is -2.34. The Morgan fingerprint density at radius 1 is 1.33 bits per heavy atom. The van der Waals surface area contributed by atoms with Crippen LogP contribution in [0.5, 0.6) is 5.75 Å². The van der Waals surface area contributed by atoms with E-state index >= 15 is 0 Å². The highest BCUT2D eigenvalue weighted by Crippen LogP contribution is 2.46. The first-order chi connectivity index (χ1) is 11.5. The smallest absolute Gasteiger partial charge is 0.247 e. The van der Waals surface area contributed by atoms with Crippen LogP contribution in [0, 0.1) is 5.82 Å². The molecule has 126 valence electrons. The molecule has 0 amide bonds. The monoisotopic (exact) mass is 349 g/mol. The maximum Gasteiger partial charge on any atom is 0.247 e. The van der Waals surface area contributed by atoms with E-state index in [1.54, 1.807) is 6.20 Å². The van der Waals surface area contributed by atoms with Gasteiger partial charge in [0.25, 0.3) is 0 Å². The number of methoxy groups -OCH3 is 1. The quantitative estimate of drug-likeness (QED) is 0.848. The van der Waals surface area contributed by atoms with Gasteiger partial charge in [-0.1, -0.05) is 0 Å². The van der Waals surface area contributed by atoms with Crippen LogP contribution >= 0.6 is 0 Å². The SMILES string of the molecule is COc1ccc(F)cc1S(=O)(=O)N1[C@H]2CC[C@H]1c1cncnc1C2. The van der Waals surface area contributed by atoms with Gasteiger partial charge in [0.15, 0.2) is 0 Å². The zero-order valence-electron chi connectivity index (χ0n) is 13.0.